The first-order valence-corrected chi connectivity index (χ1v) is 8.99. The summed E-state index contributed by atoms with van der Waals surface area (Å²) in [7, 11) is 0. The molecule has 0 radical (unpaired) electrons. The van der Waals surface area contributed by atoms with Gasteiger partial charge in [0.15, 0.2) is 0 Å². The summed E-state index contributed by atoms with van der Waals surface area (Å²) in [5.74, 6) is -0.174. The lowest BCUT2D eigenvalue weighted by Crippen LogP contribution is -2.52. The largest absolute Gasteiger partial charge is 0.335 e. The zero-order valence-electron chi connectivity index (χ0n) is 15.2. The summed E-state index contributed by atoms with van der Waals surface area (Å²) in [5, 5.41) is 8.61. The van der Waals surface area contributed by atoms with Crippen LogP contribution in [-0.2, 0) is 22.7 Å². The molecule has 0 bridgehead atoms. The van der Waals surface area contributed by atoms with Gasteiger partial charge in [-0.05, 0) is 24.6 Å². The molecule has 1 saturated heterocycles. The average molecular weight is 363 g/mol. The summed E-state index contributed by atoms with van der Waals surface area (Å²) in [4.78, 5) is 29.8. The number of fused-ring (bicyclic) bond motifs is 1. The second-order valence-electron chi connectivity index (χ2n) is 6.84. The molecule has 0 N–H and O–H groups in total. The van der Waals surface area contributed by atoms with E-state index in [9.17, 15) is 9.59 Å². The van der Waals surface area contributed by atoms with Crippen LogP contribution in [0.1, 0.15) is 11.1 Å². The summed E-state index contributed by atoms with van der Waals surface area (Å²) in [6.45, 7) is 3.82. The number of nitrogens with zero attached hydrogens (tertiary/aromatic N) is 5. The van der Waals surface area contributed by atoms with E-state index in [1.54, 1.807) is 9.80 Å². The van der Waals surface area contributed by atoms with E-state index >= 15 is 0 Å². The van der Waals surface area contributed by atoms with Gasteiger partial charge in [0.25, 0.3) is 0 Å². The molecule has 1 aliphatic rings. The van der Waals surface area contributed by atoms with Gasteiger partial charge in [-0.15, -0.1) is 0 Å². The zero-order chi connectivity index (χ0) is 18.8. The quantitative estimate of drug-likeness (QED) is 0.706. The maximum Gasteiger partial charge on any atom is 0.246 e. The van der Waals surface area contributed by atoms with Crippen molar-refractivity contribution < 1.29 is 9.59 Å². The van der Waals surface area contributed by atoms with Crippen LogP contribution in [0.2, 0.25) is 0 Å². The Morgan fingerprint density at radius 2 is 1.67 bits per heavy atom. The van der Waals surface area contributed by atoms with Gasteiger partial charge in [-0.1, -0.05) is 42.0 Å². The van der Waals surface area contributed by atoms with Crippen LogP contribution < -0.4 is 0 Å². The van der Waals surface area contributed by atoms with Crippen LogP contribution in [0.4, 0.5) is 0 Å². The Bertz CT molecular complexity index is 946. The van der Waals surface area contributed by atoms with Gasteiger partial charge >= 0.3 is 0 Å². The zero-order valence-corrected chi connectivity index (χ0v) is 15.2. The molecule has 0 saturated carbocycles. The molecule has 7 heteroatoms. The van der Waals surface area contributed by atoms with E-state index in [0.717, 1.165) is 16.6 Å². The Labute approximate surface area is 157 Å². The van der Waals surface area contributed by atoms with Gasteiger partial charge in [-0.3, -0.25) is 9.59 Å². The molecule has 3 aromatic rings. The SMILES string of the molecule is Cc1ccc(CN2CCN(C(=O)Cn3nc4ccccc4n3)CC2=O)cc1. The minimum atomic E-state index is -0.140. The number of hydrogen-bond donors (Lipinski definition) is 0. The second-order valence-corrected chi connectivity index (χ2v) is 6.84. The van der Waals surface area contributed by atoms with Crippen molar-refractivity contribution in [2.24, 2.45) is 0 Å². The van der Waals surface area contributed by atoms with Gasteiger partial charge in [-0.25, -0.2) is 0 Å². The lowest BCUT2D eigenvalue weighted by atomic mass is 10.1. The molecule has 27 heavy (non-hydrogen) atoms. The normalized spacial score (nSPS) is 14.8. The number of benzene rings is 2. The lowest BCUT2D eigenvalue weighted by Gasteiger charge is -2.34. The van der Waals surface area contributed by atoms with Gasteiger partial charge < -0.3 is 9.80 Å². The van der Waals surface area contributed by atoms with Crippen molar-refractivity contribution >= 4 is 22.8 Å². The number of carbonyl (C=O) groups excluding carboxylic acids is 2. The highest BCUT2D eigenvalue weighted by Crippen LogP contribution is 2.12. The Morgan fingerprint density at radius 3 is 2.30 bits per heavy atom. The smallest absolute Gasteiger partial charge is 0.246 e. The molecule has 2 aromatic carbocycles. The number of rotatable bonds is 4. The summed E-state index contributed by atoms with van der Waals surface area (Å²) >= 11 is 0. The molecule has 1 aromatic heterocycles. The van der Waals surface area contributed by atoms with Crippen LogP contribution in [0.25, 0.3) is 11.0 Å². The van der Waals surface area contributed by atoms with Crippen molar-refractivity contribution in [3.05, 3.63) is 59.7 Å². The highest BCUT2D eigenvalue weighted by Gasteiger charge is 2.27. The van der Waals surface area contributed by atoms with E-state index < -0.39 is 0 Å². The molecule has 0 atom stereocenters. The molecular weight excluding hydrogens is 342 g/mol. The van der Waals surface area contributed by atoms with Crippen LogP contribution in [0, 0.1) is 6.92 Å². The molecule has 0 aliphatic carbocycles. The van der Waals surface area contributed by atoms with Crippen molar-refractivity contribution in [1.29, 1.82) is 0 Å². The number of carbonyl (C=O) groups is 2. The van der Waals surface area contributed by atoms with Gasteiger partial charge in [0.05, 0.1) is 6.54 Å². The van der Waals surface area contributed by atoms with E-state index in [1.807, 2.05) is 55.5 Å². The number of aromatic nitrogens is 3. The third-order valence-electron chi connectivity index (χ3n) is 4.77. The Hall–Kier alpha value is -3.22. The summed E-state index contributed by atoms with van der Waals surface area (Å²) in [6, 6.07) is 15.6. The van der Waals surface area contributed by atoms with Gasteiger partial charge in [0.1, 0.15) is 17.6 Å². The van der Waals surface area contributed by atoms with Crippen LogP contribution in [0.3, 0.4) is 0 Å². The van der Waals surface area contributed by atoms with E-state index in [-0.39, 0.29) is 24.9 Å². The van der Waals surface area contributed by atoms with Gasteiger partial charge in [0, 0.05) is 19.6 Å². The molecular formula is C20H21N5O2. The molecule has 0 spiro atoms. The summed E-state index contributed by atoms with van der Waals surface area (Å²) in [6.07, 6.45) is 0. The maximum absolute atomic E-state index is 12.5. The van der Waals surface area contributed by atoms with E-state index in [0.29, 0.717) is 19.6 Å². The van der Waals surface area contributed by atoms with E-state index in [1.165, 1.54) is 10.4 Å². The fourth-order valence-electron chi connectivity index (χ4n) is 3.20. The van der Waals surface area contributed by atoms with Gasteiger partial charge in [-0.2, -0.15) is 15.0 Å². The monoisotopic (exact) mass is 363 g/mol. The minimum Gasteiger partial charge on any atom is -0.335 e. The van der Waals surface area contributed by atoms with Crippen LogP contribution in [-0.4, -0.2) is 56.2 Å². The Balaban J connectivity index is 1.36. The molecule has 4 rings (SSSR count). The molecule has 0 unspecified atom stereocenters. The number of hydrogen-bond acceptors (Lipinski definition) is 4. The van der Waals surface area contributed by atoms with Crippen LogP contribution in [0.5, 0.6) is 0 Å². The first-order valence-electron chi connectivity index (χ1n) is 8.99. The molecule has 7 nitrogen and oxygen atoms in total. The van der Waals surface area contributed by atoms with Crippen molar-refractivity contribution in [1.82, 2.24) is 24.8 Å². The minimum absolute atomic E-state index is 0.0336. The Morgan fingerprint density at radius 1 is 1.00 bits per heavy atom. The standard InChI is InChI=1S/C20H21N5O2/c1-15-6-8-16(9-7-15)12-23-10-11-24(13-19(23)26)20(27)14-25-21-17-4-2-3-5-18(17)22-25/h2-9H,10-14H2,1H3. The van der Waals surface area contributed by atoms with Crippen molar-refractivity contribution in [2.75, 3.05) is 19.6 Å². The number of aryl methyl sites for hydroxylation is 1. The molecule has 2 amide bonds. The molecule has 2 heterocycles. The van der Waals surface area contributed by atoms with E-state index in [4.69, 9.17) is 0 Å². The first kappa shape index (κ1) is 17.2. The van der Waals surface area contributed by atoms with E-state index in [2.05, 4.69) is 10.2 Å². The summed E-state index contributed by atoms with van der Waals surface area (Å²) in [5.41, 5.74) is 3.80. The predicted molar refractivity (Wildman–Crippen MR) is 101 cm³/mol. The van der Waals surface area contributed by atoms with Crippen molar-refractivity contribution in [3.8, 4) is 0 Å². The predicted octanol–water partition coefficient (Wildman–Crippen LogP) is 1.61. The first-order chi connectivity index (χ1) is 13.1. The van der Waals surface area contributed by atoms with Crippen LogP contribution in [0.15, 0.2) is 48.5 Å². The fourth-order valence-corrected chi connectivity index (χ4v) is 3.20. The maximum atomic E-state index is 12.5. The summed E-state index contributed by atoms with van der Waals surface area (Å²) < 4.78 is 0. The second kappa shape index (κ2) is 7.19. The highest BCUT2D eigenvalue weighted by molar-refractivity contribution is 5.86. The number of amides is 2. The lowest BCUT2D eigenvalue weighted by molar-refractivity contribution is -0.146. The third kappa shape index (κ3) is 3.81. The average Bonchev–Trinajstić information content (AvgIpc) is 3.07. The van der Waals surface area contributed by atoms with Crippen molar-refractivity contribution in [3.63, 3.8) is 0 Å². The third-order valence-corrected chi connectivity index (χ3v) is 4.77. The van der Waals surface area contributed by atoms with Gasteiger partial charge in [0.2, 0.25) is 11.8 Å². The highest BCUT2D eigenvalue weighted by atomic mass is 16.2. The fraction of sp³-hybridized carbons (Fsp3) is 0.300. The topological polar surface area (TPSA) is 71.3 Å². The molecule has 1 fully saturated rings. The number of piperazine rings is 1. The molecule has 1 aliphatic heterocycles. The van der Waals surface area contributed by atoms with Crippen molar-refractivity contribution in [2.45, 2.75) is 20.0 Å². The molecule has 138 valence electrons. The van der Waals surface area contributed by atoms with Crippen LogP contribution >= 0.6 is 0 Å². The Kier molecular flexibility index (Phi) is 4.58.